The number of thioether (sulfide) groups is 1. The van der Waals surface area contributed by atoms with Crippen LogP contribution in [-0.2, 0) is 4.79 Å². The van der Waals surface area contributed by atoms with Crippen molar-refractivity contribution in [3.63, 3.8) is 0 Å². The van der Waals surface area contributed by atoms with E-state index in [9.17, 15) is 0 Å². The highest BCUT2D eigenvalue weighted by Crippen LogP contribution is 2.38. The Morgan fingerprint density at radius 1 is 1.21 bits per heavy atom. The molecule has 0 unspecified atom stereocenters. The Kier molecular flexibility index (Phi) is 18.8. The largest absolute Gasteiger partial charge is 0.381 e. The van der Waals surface area contributed by atoms with Crippen molar-refractivity contribution in [1.29, 1.82) is 0 Å². The summed E-state index contributed by atoms with van der Waals surface area (Å²) < 4.78 is 0. The fourth-order valence-electron chi connectivity index (χ4n) is 2.30. The van der Waals surface area contributed by atoms with Gasteiger partial charge < -0.3 is 15.0 Å². The normalized spacial score (nSPS) is 16.8. The number of aliphatic imine (C=N–C) groups is 2. The molecule has 28 heavy (non-hydrogen) atoms. The first-order valence-electron chi connectivity index (χ1n) is 10.0. The summed E-state index contributed by atoms with van der Waals surface area (Å²) in [5.41, 5.74) is 3.48. The van der Waals surface area contributed by atoms with Crippen LogP contribution in [0.25, 0.3) is 0 Å². The second-order valence-corrected chi connectivity index (χ2v) is 7.25. The first-order chi connectivity index (χ1) is 13.5. The Hall–Kier alpha value is -1.82. The van der Waals surface area contributed by atoms with Crippen LogP contribution >= 0.6 is 11.8 Å². The van der Waals surface area contributed by atoms with Gasteiger partial charge in [-0.05, 0) is 27.2 Å². The summed E-state index contributed by atoms with van der Waals surface area (Å²) in [4.78, 5) is 20.4. The fourth-order valence-corrected chi connectivity index (χ4v) is 3.32. The van der Waals surface area contributed by atoms with Gasteiger partial charge in [-0.1, -0.05) is 57.9 Å². The van der Waals surface area contributed by atoms with E-state index in [1.165, 1.54) is 29.9 Å². The molecular weight excluding hydrogens is 368 g/mol. The van der Waals surface area contributed by atoms with Gasteiger partial charge in [0.2, 0.25) is 0 Å². The van der Waals surface area contributed by atoms with Gasteiger partial charge in [-0.25, -0.2) is 4.99 Å². The van der Waals surface area contributed by atoms with Crippen LogP contribution in [-0.4, -0.2) is 43.7 Å². The van der Waals surface area contributed by atoms with Gasteiger partial charge in [-0.15, -0.1) is 0 Å². The van der Waals surface area contributed by atoms with Crippen molar-refractivity contribution >= 4 is 29.9 Å². The maximum Gasteiger partial charge on any atom is 0.112 e. The molecule has 0 saturated heterocycles. The van der Waals surface area contributed by atoms with Crippen LogP contribution in [0.15, 0.2) is 44.1 Å². The molecule has 0 aliphatic carbocycles. The lowest BCUT2D eigenvalue weighted by Crippen LogP contribution is -2.19. The van der Waals surface area contributed by atoms with E-state index in [2.05, 4.69) is 55.1 Å². The fraction of sp³-hybridized carbons (Fsp3) is 0.591. The van der Waals surface area contributed by atoms with E-state index in [0.29, 0.717) is 0 Å². The molecule has 5 nitrogen and oxygen atoms in total. The third-order valence-corrected chi connectivity index (χ3v) is 4.89. The van der Waals surface area contributed by atoms with Gasteiger partial charge in [0.1, 0.15) is 11.8 Å². The molecule has 1 aliphatic rings. The summed E-state index contributed by atoms with van der Waals surface area (Å²) >= 11 is 1.71. The van der Waals surface area contributed by atoms with Crippen molar-refractivity contribution in [2.45, 2.75) is 67.2 Å². The number of hydrogen-bond acceptors (Lipinski definition) is 5. The number of rotatable bonds is 9. The van der Waals surface area contributed by atoms with Gasteiger partial charge in [0.05, 0.1) is 17.6 Å². The Bertz CT molecular complexity index is 575. The van der Waals surface area contributed by atoms with Crippen LogP contribution in [0.2, 0.25) is 0 Å². The molecule has 1 N–H and O–H groups in total. The molecule has 1 aliphatic heterocycles. The maximum atomic E-state index is 8.00. The highest BCUT2D eigenvalue weighted by atomic mass is 32.2. The van der Waals surface area contributed by atoms with Crippen molar-refractivity contribution in [3.05, 3.63) is 34.1 Å². The molecule has 0 aromatic rings. The smallest absolute Gasteiger partial charge is 0.112 e. The van der Waals surface area contributed by atoms with Crippen LogP contribution in [0.3, 0.4) is 0 Å². The van der Waals surface area contributed by atoms with Crippen molar-refractivity contribution in [2.24, 2.45) is 9.98 Å². The van der Waals surface area contributed by atoms with Gasteiger partial charge in [-0.2, -0.15) is 0 Å². The van der Waals surface area contributed by atoms with Crippen molar-refractivity contribution in [3.8, 4) is 0 Å². The van der Waals surface area contributed by atoms with Crippen molar-refractivity contribution < 1.29 is 4.79 Å². The molecule has 0 aromatic carbocycles. The Morgan fingerprint density at radius 3 is 2.39 bits per heavy atom. The van der Waals surface area contributed by atoms with Crippen LogP contribution in [0.4, 0.5) is 0 Å². The number of hydrogen-bond donors (Lipinski definition) is 1. The number of allylic oxidation sites excluding steroid dienone is 4. The van der Waals surface area contributed by atoms with Crippen molar-refractivity contribution in [1.82, 2.24) is 10.2 Å². The first-order valence-corrected chi connectivity index (χ1v) is 10.8. The van der Waals surface area contributed by atoms with E-state index in [1.807, 2.05) is 46.2 Å². The van der Waals surface area contributed by atoms with Gasteiger partial charge in [-0.3, -0.25) is 4.99 Å². The van der Waals surface area contributed by atoms with Crippen LogP contribution in [0.5, 0.6) is 0 Å². The second-order valence-electron chi connectivity index (χ2n) is 6.05. The zero-order chi connectivity index (χ0) is 21.9. The van der Waals surface area contributed by atoms with E-state index in [1.54, 1.807) is 11.8 Å². The molecule has 0 atom stereocenters. The van der Waals surface area contributed by atoms with Crippen molar-refractivity contribution in [2.75, 3.05) is 20.6 Å². The van der Waals surface area contributed by atoms with Crippen LogP contribution < -0.4 is 5.32 Å². The lowest BCUT2D eigenvalue weighted by atomic mass is 10.1. The third kappa shape index (κ3) is 10.5. The molecule has 0 aromatic heterocycles. The summed E-state index contributed by atoms with van der Waals surface area (Å²) in [6.45, 7) is 15.4. The molecule has 0 amide bonds. The summed E-state index contributed by atoms with van der Waals surface area (Å²) in [6, 6.07) is 0. The maximum absolute atomic E-state index is 8.00. The molecule has 0 bridgehead atoms. The topological polar surface area (TPSA) is 57.1 Å². The minimum absolute atomic E-state index is 0.887. The quantitative estimate of drug-likeness (QED) is 0.299. The van der Waals surface area contributed by atoms with Gasteiger partial charge >= 0.3 is 0 Å². The average molecular weight is 409 g/mol. The second kappa shape index (κ2) is 18.5. The van der Waals surface area contributed by atoms with Crippen LogP contribution in [0, 0.1) is 0 Å². The molecule has 1 heterocycles. The predicted octanol–water partition coefficient (Wildman–Crippen LogP) is 5.77. The summed E-state index contributed by atoms with van der Waals surface area (Å²) in [7, 11) is 4.13. The summed E-state index contributed by atoms with van der Waals surface area (Å²) in [5.74, 6) is 0. The number of nitrogens with one attached hydrogen (secondary N) is 1. The first kappa shape index (κ1) is 28.4. The Labute approximate surface area is 177 Å². The molecule has 0 fully saturated rings. The summed E-state index contributed by atoms with van der Waals surface area (Å²) in [6.07, 6.45) is 10.6. The lowest BCUT2D eigenvalue weighted by Gasteiger charge is -2.18. The number of carbonyl (C=O) groups is 1. The Morgan fingerprint density at radius 2 is 1.86 bits per heavy atom. The highest BCUT2D eigenvalue weighted by molar-refractivity contribution is 8.18. The number of carbonyl (C=O) groups excluding carboxylic acids is 1. The van der Waals surface area contributed by atoms with Gasteiger partial charge in [0, 0.05) is 37.4 Å². The average Bonchev–Trinajstić information content (AvgIpc) is 3.03. The predicted molar refractivity (Wildman–Crippen MR) is 128 cm³/mol. The minimum atomic E-state index is 0.887. The number of nitrogens with zero attached hydrogens (tertiary/aromatic N) is 3. The molecular formula is C22H40N4OS. The molecule has 0 saturated carbocycles. The molecule has 0 radical (unpaired) electrons. The molecule has 1 rings (SSSR count). The zero-order valence-electron chi connectivity index (χ0n) is 19.1. The SMILES string of the molecule is C=O.CC.C\C=C/N=C1/SC(C)=C(NC=NCCCCCC)/C1=C(/C)N(C)C. The van der Waals surface area contributed by atoms with Crippen LogP contribution in [0.1, 0.15) is 67.2 Å². The third-order valence-electron chi connectivity index (χ3n) is 3.88. The van der Waals surface area contributed by atoms with E-state index in [0.717, 1.165) is 29.3 Å². The number of unbranched alkanes of at least 4 members (excludes halogenated alkanes) is 3. The molecule has 160 valence electrons. The van der Waals surface area contributed by atoms with E-state index < -0.39 is 0 Å². The molecule has 6 heteroatoms. The lowest BCUT2D eigenvalue weighted by molar-refractivity contribution is -0.0979. The van der Waals surface area contributed by atoms with E-state index >= 15 is 0 Å². The van der Waals surface area contributed by atoms with Gasteiger partial charge in [0.15, 0.2) is 0 Å². The standard InChI is InChI=1S/C19H32N4S.C2H6.CH2O/c1-7-9-10-11-13-20-14-22-18-16(4)24-19(21-12-8-2)17(18)15(3)23(5)6;2*1-2/h8,12,14H,7,9-11,13H2,1-6H3,(H,20,22);1-2H3;1H2/b12-8-,17-15+,21-19+;;. The van der Waals surface area contributed by atoms with E-state index in [-0.39, 0.29) is 0 Å². The zero-order valence-corrected chi connectivity index (χ0v) is 19.9. The van der Waals surface area contributed by atoms with E-state index in [4.69, 9.17) is 4.79 Å². The Balaban J connectivity index is 0. The summed E-state index contributed by atoms with van der Waals surface area (Å²) in [5, 5.41) is 4.43. The highest BCUT2D eigenvalue weighted by Gasteiger charge is 2.26. The van der Waals surface area contributed by atoms with Gasteiger partial charge in [0.25, 0.3) is 0 Å². The molecule has 0 spiro atoms. The minimum Gasteiger partial charge on any atom is -0.381 e. The monoisotopic (exact) mass is 408 g/mol.